The quantitative estimate of drug-likeness (QED) is 0.147. The van der Waals surface area contributed by atoms with Crippen LogP contribution in [0.2, 0.25) is 0 Å². The minimum Gasteiger partial charge on any atom is -0.507 e. The normalized spacial score (nSPS) is 31.8. The molecule has 2 aliphatic heterocycles. The Morgan fingerprint density at radius 3 is 2.11 bits per heavy atom. The summed E-state index contributed by atoms with van der Waals surface area (Å²) in [5.74, 6) is -7.56. The fraction of sp³-hybridized carbons (Fsp3) is 0.553. The molecule has 0 radical (unpaired) electrons. The van der Waals surface area contributed by atoms with Crippen molar-refractivity contribution < 1.29 is 77.6 Å². The summed E-state index contributed by atoms with van der Waals surface area (Å²) in [5.41, 5.74) is -4.19. The van der Waals surface area contributed by atoms with Crippen molar-refractivity contribution in [1.29, 1.82) is 0 Å². The number of rotatable bonds is 8. The van der Waals surface area contributed by atoms with Gasteiger partial charge in [-0.05, 0) is 32.8 Å². The van der Waals surface area contributed by atoms with Gasteiger partial charge in [-0.15, -0.1) is 0 Å². The first-order chi connectivity index (χ1) is 25.5. The number of ether oxygens (including phenoxy) is 7. The molecule has 2 aromatic rings. The van der Waals surface area contributed by atoms with Crippen LogP contribution in [0.1, 0.15) is 122 Å². The average molecular weight is 757 g/mol. The third-order valence-electron chi connectivity index (χ3n) is 10.7. The highest BCUT2D eigenvalue weighted by molar-refractivity contribution is 6.31. The number of fused-ring (bicyclic) bond motifs is 3. The Balaban J connectivity index is 1.29. The summed E-state index contributed by atoms with van der Waals surface area (Å²) >= 11 is 0. The third-order valence-corrected chi connectivity index (χ3v) is 10.7. The van der Waals surface area contributed by atoms with E-state index in [-0.39, 0.29) is 47.9 Å². The summed E-state index contributed by atoms with van der Waals surface area (Å²) < 4.78 is 40.6. The van der Waals surface area contributed by atoms with Crippen molar-refractivity contribution in [1.82, 2.24) is 0 Å². The number of carbonyl (C=O) groups is 5. The molecule has 0 amide bonds. The van der Waals surface area contributed by atoms with Crippen LogP contribution in [0.25, 0.3) is 0 Å². The molecule has 10 atom stereocenters. The molecule has 0 aromatic heterocycles. The van der Waals surface area contributed by atoms with Crippen LogP contribution in [-0.4, -0.2) is 106 Å². The highest BCUT2D eigenvalue weighted by atomic mass is 16.7. The molecule has 4 N–H and O–H groups in total. The highest BCUT2D eigenvalue weighted by Crippen LogP contribution is 2.57. The van der Waals surface area contributed by atoms with E-state index in [1.54, 1.807) is 20.8 Å². The Morgan fingerprint density at radius 2 is 1.48 bits per heavy atom. The Morgan fingerprint density at radius 1 is 0.833 bits per heavy atom. The van der Waals surface area contributed by atoms with Gasteiger partial charge in [0.15, 0.2) is 24.5 Å². The van der Waals surface area contributed by atoms with Crippen molar-refractivity contribution in [2.45, 2.75) is 127 Å². The highest BCUT2D eigenvalue weighted by Gasteiger charge is 2.55. The molecule has 2 fully saturated rings. The van der Waals surface area contributed by atoms with Gasteiger partial charge in [-0.25, -0.2) is 0 Å². The van der Waals surface area contributed by atoms with Crippen molar-refractivity contribution >= 4 is 29.5 Å². The van der Waals surface area contributed by atoms with E-state index in [0.717, 1.165) is 7.11 Å². The number of hydrogen-bond acceptors (Lipinski definition) is 16. The smallest absolute Gasteiger partial charge is 0.316 e. The molecular formula is C38H44O16. The third kappa shape index (κ3) is 6.81. The van der Waals surface area contributed by atoms with Gasteiger partial charge in [0.1, 0.15) is 29.3 Å². The number of aliphatic hydroxyl groups is 1. The van der Waals surface area contributed by atoms with Gasteiger partial charge >= 0.3 is 17.9 Å². The molecule has 4 aliphatic rings. The topological polar surface area (TPSA) is 231 Å². The van der Waals surface area contributed by atoms with E-state index in [2.05, 4.69) is 0 Å². The number of phenolic OH excluding ortho intramolecular Hbond substituents is 3. The molecule has 16 nitrogen and oxygen atoms in total. The van der Waals surface area contributed by atoms with Crippen LogP contribution in [-0.2, 0) is 47.5 Å². The van der Waals surface area contributed by atoms with E-state index in [1.807, 2.05) is 0 Å². The standard InChI is InChI=1S/C38H44O16/c1-7-38(47)14-23(54-24-12-11-21(15(2)49-24)53-25-13-22(51-17(4)39)36(16(3)50-25)52-18(5)40)27-28(31(38)37(46)48-6)35(45)29-30(34(27)44)33(43)26-19(32(29)42)9-8-10-20(26)41/h8-10,15-16,21-25,31,36,41,44-45,47H,7,11-14H2,1-6H3. The molecule has 54 heavy (non-hydrogen) atoms. The van der Waals surface area contributed by atoms with E-state index in [4.69, 9.17) is 33.2 Å². The Bertz CT molecular complexity index is 1870. The number of aromatic hydroxyl groups is 3. The van der Waals surface area contributed by atoms with Crippen molar-refractivity contribution in [3.63, 3.8) is 0 Å². The lowest BCUT2D eigenvalue weighted by molar-refractivity contribution is -0.301. The van der Waals surface area contributed by atoms with Gasteiger partial charge in [0, 0.05) is 49.8 Å². The van der Waals surface area contributed by atoms with Crippen LogP contribution in [0.5, 0.6) is 17.2 Å². The predicted molar refractivity (Wildman–Crippen MR) is 182 cm³/mol. The minimum absolute atomic E-state index is 0.0444. The molecule has 6 rings (SSSR count). The Labute approximate surface area is 310 Å². The van der Waals surface area contributed by atoms with Gasteiger partial charge in [0.2, 0.25) is 5.78 Å². The molecule has 2 heterocycles. The second-order valence-electron chi connectivity index (χ2n) is 14.1. The van der Waals surface area contributed by atoms with Gasteiger partial charge in [-0.2, -0.15) is 0 Å². The largest absolute Gasteiger partial charge is 0.507 e. The van der Waals surface area contributed by atoms with E-state index < -0.39 is 119 Å². The maximum atomic E-state index is 13.8. The summed E-state index contributed by atoms with van der Waals surface area (Å²) in [6, 6.07) is 3.85. The summed E-state index contributed by atoms with van der Waals surface area (Å²) in [4.78, 5) is 64.4. The zero-order chi connectivity index (χ0) is 39.4. The summed E-state index contributed by atoms with van der Waals surface area (Å²) in [5, 5.41) is 46.1. The van der Waals surface area contributed by atoms with Crippen LogP contribution in [0.3, 0.4) is 0 Å². The van der Waals surface area contributed by atoms with E-state index >= 15 is 0 Å². The van der Waals surface area contributed by atoms with Crippen LogP contribution >= 0.6 is 0 Å². The minimum atomic E-state index is -1.91. The van der Waals surface area contributed by atoms with Crippen LogP contribution in [0, 0.1) is 0 Å². The van der Waals surface area contributed by atoms with Gasteiger partial charge in [0.05, 0.1) is 53.8 Å². The Kier molecular flexibility index (Phi) is 10.8. The first-order valence-electron chi connectivity index (χ1n) is 17.8. The maximum absolute atomic E-state index is 13.8. The van der Waals surface area contributed by atoms with Gasteiger partial charge in [0.25, 0.3) is 0 Å². The van der Waals surface area contributed by atoms with Crippen molar-refractivity contribution in [3.05, 3.63) is 51.6 Å². The van der Waals surface area contributed by atoms with Crippen molar-refractivity contribution in [2.24, 2.45) is 0 Å². The number of methoxy groups -OCH3 is 1. The summed E-state index contributed by atoms with van der Waals surface area (Å²) in [6.45, 7) is 7.50. The fourth-order valence-corrected chi connectivity index (χ4v) is 8.14. The van der Waals surface area contributed by atoms with Crippen LogP contribution in [0.15, 0.2) is 18.2 Å². The fourth-order valence-electron chi connectivity index (χ4n) is 8.14. The average Bonchev–Trinajstić information content (AvgIpc) is 3.10. The number of ketones is 2. The van der Waals surface area contributed by atoms with Crippen LogP contribution < -0.4 is 0 Å². The first-order valence-corrected chi connectivity index (χ1v) is 17.8. The lowest BCUT2D eigenvalue weighted by Crippen LogP contribution is -2.53. The molecule has 2 aliphatic carbocycles. The van der Waals surface area contributed by atoms with Crippen molar-refractivity contribution in [3.8, 4) is 17.2 Å². The predicted octanol–water partition coefficient (Wildman–Crippen LogP) is 3.35. The first kappa shape index (κ1) is 39.1. The van der Waals surface area contributed by atoms with Gasteiger partial charge in [-0.1, -0.05) is 19.1 Å². The molecule has 0 saturated carbocycles. The molecular weight excluding hydrogens is 712 g/mol. The maximum Gasteiger partial charge on any atom is 0.316 e. The lowest BCUT2D eigenvalue weighted by atomic mass is 9.66. The number of phenols is 3. The van der Waals surface area contributed by atoms with Crippen LogP contribution in [0.4, 0.5) is 0 Å². The SMILES string of the molecule is CCC1(O)CC(OC2CCC(OC3CC(OC(C)=O)C(OC(C)=O)C(C)O3)C(C)O2)c2c(O)c3c(c(O)c2C1C(=O)OC)C(=O)c1cccc(O)c1C3=O. The number of hydrogen-bond donors (Lipinski definition) is 4. The molecule has 0 spiro atoms. The van der Waals surface area contributed by atoms with Crippen molar-refractivity contribution in [2.75, 3.05) is 7.11 Å². The molecule has 16 heteroatoms. The van der Waals surface area contributed by atoms with E-state index in [1.165, 1.54) is 32.0 Å². The molecule has 2 aromatic carbocycles. The molecule has 2 saturated heterocycles. The second-order valence-corrected chi connectivity index (χ2v) is 14.1. The zero-order valence-corrected chi connectivity index (χ0v) is 30.7. The van der Waals surface area contributed by atoms with E-state index in [9.17, 15) is 44.4 Å². The molecule has 292 valence electrons. The monoisotopic (exact) mass is 756 g/mol. The van der Waals surface area contributed by atoms with Gasteiger partial charge < -0.3 is 53.6 Å². The number of esters is 3. The second kappa shape index (κ2) is 14.9. The van der Waals surface area contributed by atoms with Gasteiger partial charge in [-0.3, -0.25) is 24.0 Å². The zero-order valence-electron chi connectivity index (χ0n) is 30.7. The number of benzene rings is 2. The van der Waals surface area contributed by atoms with E-state index in [0.29, 0.717) is 6.42 Å². The number of carbonyl (C=O) groups excluding carboxylic acids is 5. The summed E-state index contributed by atoms with van der Waals surface area (Å²) in [7, 11) is 1.09. The lowest BCUT2D eigenvalue weighted by Gasteiger charge is -2.45. The molecule has 0 bridgehead atoms. The Hall–Kier alpha value is -4.61. The molecule has 10 unspecified atom stereocenters. The summed E-state index contributed by atoms with van der Waals surface area (Å²) in [6.07, 6.45) is -6.29.